The van der Waals surface area contributed by atoms with Crippen LogP contribution < -0.4 is 14.9 Å². The molecule has 0 amide bonds. The molecule has 3 aromatic rings. The summed E-state index contributed by atoms with van der Waals surface area (Å²) in [7, 11) is 1.22. The third-order valence-electron chi connectivity index (χ3n) is 5.14. The average Bonchev–Trinajstić information content (AvgIpc) is 2.76. The maximum Gasteiger partial charge on any atom is 0.239 e. The molecule has 1 aliphatic heterocycles. The first-order valence-corrected chi connectivity index (χ1v) is 9.58. The molecule has 0 radical (unpaired) electrons. The zero-order valence-corrected chi connectivity index (χ0v) is 17.0. The molecule has 2 aromatic carbocycles. The quantitative estimate of drug-likeness (QED) is 0.257. The van der Waals surface area contributed by atoms with E-state index in [9.17, 15) is 40.5 Å². The number of aliphatic hydroxyl groups is 3. The van der Waals surface area contributed by atoms with E-state index < -0.39 is 65.4 Å². The Bertz CT molecular complexity index is 1270. The van der Waals surface area contributed by atoms with Crippen LogP contribution in [0, 0.1) is 0 Å². The minimum atomic E-state index is -1.76. The van der Waals surface area contributed by atoms with Crippen molar-refractivity contribution in [3.63, 3.8) is 0 Å². The van der Waals surface area contributed by atoms with E-state index in [1.54, 1.807) is 0 Å². The van der Waals surface area contributed by atoms with Crippen LogP contribution in [0.2, 0.25) is 0 Å². The molecule has 0 bridgehead atoms. The lowest BCUT2D eigenvalue weighted by molar-refractivity contribution is -0.242. The molecule has 0 spiro atoms. The number of phenolic OH excluding ortho intramolecular Hbond substituents is 4. The second-order valence-electron chi connectivity index (χ2n) is 7.34. The van der Waals surface area contributed by atoms with Crippen LogP contribution in [0.25, 0.3) is 22.3 Å². The summed E-state index contributed by atoms with van der Waals surface area (Å²) in [5, 5.41) is 69.4. The Morgan fingerprint density at radius 3 is 2.39 bits per heavy atom. The fraction of sp³-hybridized carbons (Fsp3) is 0.286. The standard InChI is InChI=1S/C21H20O12/c1-30-13-3-7(2-10(24)15(13)26)19-20(33-21-18(29)16(27)11(25)6-31-21)17(28)14-9(23)4-8(22)5-12(14)32-19/h2-5,11,16,18,21-27,29H,6H2,1H3/t11-,16-,18+,21+/m1/s1. The monoisotopic (exact) mass is 464 g/mol. The van der Waals surface area contributed by atoms with Crippen LogP contribution in [0.5, 0.6) is 34.5 Å². The summed E-state index contributed by atoms with van der Waals surface area (Å²) in [6.07, 6.45) is -6.40. The fourth-order valence-corrected chi connectivity index (χ4v) is 3.44. The molecular formula is C21H20O12. The number of hydrogen-bond acceptors (Lipinski definition) is 12. The van der Waals surface area contributed by atoms with Gasteiger partial charge in [-0.25, -0.2) is 0 Å². The highest BCUT2D eigenvalue weighted by Crippen LogP contribution is 2.43. The minimum Gasteiger partial charge on any atom is -0.508 e. The zero-order chi connectivity index (χ0) is 24.0. The first-order valence-electron chi connectivity index (χ1n) is 9.58. The third-order valence-corrected chi connectivity index (χ3v) is 5.14. The van der Waals surface area contributed by atoms with Crippen LogP contribution in [0.15, 0.2) is 33.5 Å². The van der Waals surface area contributed by atoms with Crippen LogP contribution >= 0.6 is 0 Å². The molecule has 12 nitrogen and oxygen atoms in total. The van der Waals surface area contributed by atoms with Crippen molar-refractivity contribution in [2.75, 3.05) is 13.7 Å². The first-order chi connectivity index (χ1) is 15.6. The molecule has 1 saturated heterocycles. The van der Waals surface area contributed by atoms with E-state index in [4.69, 9.17) is 18.6 Å². The minimum absolute atomic E-state index is 0.0233. The molecule has 2 heterocycles. The molecule has 12 heteroatoms. The van der Waals surface area contributed by atoms with Gasteiger partial charge in [-0.05, 0) is 12.1 Å². The summed E-state index contributed by atoms with van der Waals surface area (Å²) in [6, 6.07) is 4.22. The van der Waals surface area contributed by atoms with E-state index in [0.29, 0.717) is 0 Å². The molecule has 0 saturated carbocycles. The highest BCUT2D eigenvalue weighted by Gasteiger charge is 2.40. The zero-order valence-electron chi connectivity index (χ0n) is 17.0. The second kappa shape index (κ2) is 8.33. The van der Waals surface area contributed by atoms with Crippen molar-refractivity contribution >= 4 is 11.0 Å². The Morgan fingerprint density at radius 2 is 1.70 bits per heavy atom. The summed E-state index contributed by atoms with van der Waals surface area (Å²) >= 11 is 0. The van der Waals surface area contributed by atoms with E-state index in [1.165, 1.54) is 13.2 Å². The molecule has 1 fully saturated rings. The normalized spacial score (nSPS) is 22.9. The van der Waals surface area contributed by atoms with Gasteiger partial charge in [0.2, 0.25) is 23.2 Å². The number of phenols is 4. The Labute approximate surface area is 184 Å². The van der Waals surface area contributed by atoms with Gasteiger partial charge in [-0.1, -0.05) is 0 Å². The van der Waals surface area contributed by atoms with E-state index >= 15 is 0 Å². The molecule has 1 aliphatic rings. The summed E-state index contributed by atoms with van der Waals surface area (Å²) in [4.78, 5) is 13.3. The molecule has 4 rings (SSSR count). The molecule has 4 atom stereocenters. The van der Waals surface area contributed by atoms with Gasteiger partial charge in [-0.15, -0.1) is 0 Å². The first kappa shape index (κ1) is 22.5. The predicted octanol–water partition coefficient (Wildman–Crippen LogP) is 0.109. The smallest absolute Gasteiger partial charge is 0.239 e. The molecule has 1 aromatic heterocycles. The van der Waals surface area contributed by atoms with Crippen molar-refractivity contribution in [2.45, 2.75) is 24.6 Å². The number of aromatic hydroxyl groups is 4. The van der Waals surface area contributed by atoms with Crippen molar-refractivity contribution in [3.05, 3.63) is 34.5 Å². The molecule has 7 N–H and O–H groups in total. The lowest BCUT2D eigenvalue weighted by Gasteiger charge is -2.34. The van der Waals surface area contributed by atoms with E-state index in [2.05, 4.69) is 0 Å². The Kier molecular flexibility index (Phi) is 5.68. The molecule has 0 unspecified atom stereocenters. The number of benzene rings is 2. The molecule has 0 aliphatic carbocycles. The van der Waals surface area contributed by atoms with Gasteiger partial charge in [0.25, 0.3) is 0 Å². The van der Waals surface area contributed by atoms with Crippen molar-refractivity contribution in [3.8, 4) is 45.8 Å². The van der Waals surface area contributed by atoms with Gasteiger partial charge in [-0.3, -0.25) is 4.79 Å². The number of aliphatic hydroxyl groups excluding tert-OH is 3. The molecule has 33 heavy (non-hydrogen) atoms. The lowest BCUT2D eigenvalue weighted by atomic mass is 10.1. The second-order valence-corrected chi connectivity index (χ2v) is 7.34. The fourth-order valence-electron chi connectivity index (χ4n) is 3.44. The van der Waals surface area contributed by atoms with Crippen molar-refractivity contribution in [2.24, 2.45) is 0 Å². The summed E-state index contributed by atoms with van der Waals surface area (Å²) in [5.41, 5.74) is -1.21. The number of ether oxygens (including phenoxy) is 3. The van der Waals surface area contributed by atoms with Crippen LogP contribution in [-0.2, 0) is 4.74 Å². The van der Waals surface area contributed by atoms with Crippen molar-refractivity contribution in [1.82, 2.24) is 0 Å². The van der Waals surface area contributed by atoms with Gasteiger partial charge in [0.1, 0.15) is 40.8 Å². The number of hydrogen-bond donors (Lipinski definition) is 7. The maximum absolute atomic E-state index is 13.3. The Morgan fingerprint density at radius 1 is 0.970 bits per heavy atom. The van der Waals surface area contributed by atoms with Gasteiger partial charge in [0.15, 0.2) is 17.3 Å². The van der Waals surface area contributed by atoms with E-state index in [-0.39, 0.29) is 28.0 Å². The van der Waals surface area contributed by atoms with Gasteiger partial charge in [0.05, 0.1) is 13.7 Å². The topological polar surface area (TPSA) is 200 Å². The Balaban J connectivity index is 1.95. The number of rotatable bonds is 4. The molecular weight excluding hydrogens is 444 g/mol. The van der Waals surface area contributed by atoms with E-state index in [1.807, 2.05) is 0 Å². The highest BCUT2D eigenvalue weighted by molar-refractivity contribution is 5.88. The Hall–Kier alpha value is -3.71. The largest absolute Gasteiger partial charge is 0.508 e. The third kappa shape index (κ3) is 3.85. The average molecular weight is 464 g/mol. The van der Waals surface area contributed by atoms with Crippen LogP contribution in [0.1, 0.15) is 0 Å². The maximum atomic E-state index is 13.3. The summed E-state index contributed by atoms with van der Waals surface area (Å²) in [6.45, 7) is -0.413. The number of fused-ring (bicyclic) bond motifs is 1. The van der Waals surface area contributed by atoms with Gasteiger partial charge in [0, 0.05) is 17.7 Å². The lowest BCUT2D eigenvalue weighted by Crippen LogP contribution is -2.55. The SMILES string of the molecule is COc1cc(-c2oc3cc(O)cc(O)c3c(=O)c2O[C@@H]2OC[C@@H](O)[C@@H](O)[C@@H]2O)cc(O)c1O. The van der Waals surface area contributed by atoms with E-state index in [0.717, 1.165) is 18.2 Å². The van der Waals surface area contributed by atoms with Gasteiger partial charge in [-0.2, -0.15) is 0 Å². The van der Waals surface area contributed by atoms with Crippen LogP contribution in [0.3, 0.4) is 0 Å². The van der Waals surface area contributed by atoms with Crippen molar-refractivity contribution in [1.29, 1.82) is 0 Å². The van der Waals surface area contributed by atoms with Gasteiger partial charge < -0.3 is 54.4 Å². The predicted molar refractivity (Wildman–Crippen MR) is 110 cm³/mol. The summed E-state index contributed by atoms with van der Waals surface area (Å²) < 4.78 is 21.4. The van der Waals surface area contributed by atoms with Gasteiger partial charge >= 0.3 is 0 Å². The molecule has 176 valence electrons. The van der Waals surface area contributed by atoms with Crippen molar-refractivity contribution < 1.29 is 54.4 Å². The highest BCUT2D eigenvalue weighted by atomic mass is 16.7. The van der Waals surface area contributed by atoms with Crippen LogP contribution in [-0.4, -0.2) is 74.1 Å². The van der Waals surface area contributed by atoms with Crippen LogP contribution in [0.4, 0.5) is 0 Å². The summed E-state index contributed by atoms with van der Waals surface area (Å²) in [5.74, 6) is -3.34. The number of methoxy groups -OCH3 is 1.